The number of hydrogen-bond acceptors (Lipinski definition) is 4. The summed E-state index contributed by atoms with van der Waals surface area (Å²) in [6, 6.07) is 18.9. The van der Waals surface area contributed by atoms with E-state index < -0.39 is 0 Å². The summed E-state index contributed by atoms with van der Waals surface area (Å²) in [6.07, 6.45) is 3.43. The molecule has 0 spiro atoms. The first-order chi connectivity index (χ1) is 14.7. The second kappa shape index (κ2) is 10.3. The normalized spacial score (nSPS) is 16.9. The van der Waals surface area contributed by atoms with Crippen LogP contribution < -0.4 is 5.32 Å². The number of amides is 1. The second-order valence-corrected chi connectivity index (χ2v) is 7.99. The minimum atomic E-state index is -0.241. The number of fused-ring (bicyclic) bond motifs is 3. The average molecular weight is 472 g/mol. The van der Waals surface area contributed by atoms with Crippen LogP contribution in [0, 0.1) is 6.92 Å². The first-order valence-corrected chi connectivity index (χ1v) is 10.5. The predicted octanol–water partition coefficient (Wildman–Crippen LogP) is 5.13. The van der Waals surface area contributed by atoms with Gasteiger partial charge in [-0.3, -0.25) is 4.98 Å². The third-order valence-electron chi connectivity index (χ3n) is 6.21. The van der Waals surface area contributed by atoms with Crippen molar-refractivity contribution in [1.29, 1.82) is 0 Å². The van der Waals surface area contributed by atoms with E-state index in [9.17, 15) is 4.79 Å². The van der Waals surface area contributed by atoms with Gasteiger partial charge in [0.05, 0.1) is 6.04 Å². The number of piperazine rings is 1. The highest BCUT2D eigenvalue weighted by molar-refractivity contribution is 5.85. The maximum Gasteiger partial charge on any atom is 0.409 e. The highest BCUT2D eigenvalue weighted by Gasteiger charge is 2.31. The Morgan fingerprint density at radius 2 is 1.69 bits per heavy atom. The van der Waals surface area contributed by atoms with Crippen LogP contribution in [0.1, 0.15) is 34.2 Å². The summed E-state index contributed by atoms with van der Waals surface area (Å²) in [5, 5.41) is 3.51. The van der Waals surface area contributed by atoms with Gasteiger partial charge in [-0.05, 0) is 46.4 Å². The summed E-state index contributed by atoms with van der Waals surface area (Å²) >= 11 is 0. The fraction of sp³-hybridized carbons (Fsp3) is 0.280. The Morgan fingerprint density at radius 3 is 2.34 bits per heavy atom. The highest BCUT2D eigenvalue weighted by atomic mass is 35.5. The topological polar surface area (TPSA) is 54.5 Å². The van der Waals surface area contributed by atoms with Crippen LogP contribution in [-0.2, 0) is 4.74 Å². The maximum absolute atomic E-state index is 12.9. The molecule has 0 saturated carbocycles. The number of carbonyl (C=O) groups excluding carboxylic acids is 1. The standard InChI is InChI=1S/C25H25N3O2.2ClH/c1-17-14-26-11-10-18(17)24-15-28(13-12-27-24)25(29)30-16-23-21-8-4-2-6-19(21)20-7-3-5-9-22(20)23;;/h2-11,14,23-24,27H,12-13,15-16H2,1H3;2*1H. The maximum atomic E-state index is 12.9. The van der Waals surface area contributed by atoms with Crippen molar-refractivity contribution >= 4 is 30.9 Å². The molecule has 1 N–H and O–H groups in total. The molecule has 168 valence electrons. The molecule has 1 aromatic heterocycles. The van der Waals surface area contributed by atoms with E-state index in [1.807, 2.05) is 17.2 Å². The third-order valence-corrected chi connectivity index (χ3v) is 6.21. The van der Waals surface area contributed by atoms with Gasteiger partial charge < -0.3 is 15.0 Å². The molecule has 5 nitrogen and oxygen atoms in total. The van der Waals surface area contributed by atoms with Gasteiger partial charge in [0.1, 0.15) is 6.61 Å². The van der Waals surface area contributed by atoms with Gasteiger partial charge in [-0.25, -0.2) is 4.79 Å². The smallest absolute Gasteiger partial charge is 0.409 e. The number of benzene rings is 2. The quantitative estimate of drug-likeness (QED) is 0.575. The van der Waals surface area contributed by atoms with Crippen LogP contribution in [0.25, 0.3) is 11.1 Å². The van der Waals surface area contributed by atoms with Gasteiger partial charge in [-0.15, -0.1) is 24.8 Å². The summed E-state index contributed by atoms with van der Waals surface area (Å²) in [5.74, 6) is 0.0857. The zero-order chi connectivity index (χ0) is 20.5. The van der Waals surface area contributed by atoms with Crippen molar-refractivity contribution in [3.05, 3.63) is 89.2 Å². The van der Waals surface area contributed by atoms with Crippen LogP contribution in [0.5, 0.6) is 0 Å². The molecule has 1 amide bonds. The summed E-state index contributed by atoms with van der Waals surface area (Å²) < 4.78 is 5.84. The van der Waals surface area contributed by atoms with E-state index in [2.05, 4.69) is 65.8 Å². The fourth-order valence-corrected chi connectivity index (χ4v) is 4.68. The van der Waals surface area contributed by atoms with Crippen LogP contribution in [0.4, 0.5) is 4.79 Å². The number of carbonyl (C=O) groups is 1. The van der Waals surface area contributed by atoms with Gasteiger partial charge in [-0.1, -0.05) is 48.5 Å². The van der Waals surface area contributed by atoms with Crippen LogP contribution in [0.15, 0.2) is 67.0 Å². The van der Waals surface area contributed by atoms with Crippen LogP contribution >= 0.6 is 24.8 Å². The molecule has 32 heavy (non-hydrogen) atoms. The molecule has 1 aliphatic carbocycles. The number of nitrogens with one attached hydrogen (secondary N) is 1. The molecule has 2 aliphatic rings. The molecule has 1 aliphatic heterocycles. The molecule has 1 fully saturated rings. The lowest BCUT2D eigenvalue weighted by Gasteiger charge is -2.34. The van der Waals surface area contributed by atoms with Crippen LogP contribution in [-0.4, -0.2) is 42.2 Å². The SMILES string of the molecule is Cc1cnccc1C1CN(C(=O)OCC2c3ccccc3-c3ccccc32)CCN1.Cl.Cl. The van der Waals surface area contributed by atoms with Crippen LogP contribution in [0.2, 0.25) is 0 Å². The molecule has 2 heterocycles. The Kier molecular flexibility index (Phi) is 7.77. The second-order valence-electron chi connectivity index (χ2n) is 7.99. The van der Waals surface area contributed by atoms with E-state index in [0.717, 1.165) is 12.1 Å². The first kappa shape index (κ1) is 24.1. The minimum Gasteiger partial charge on any atom is -0.448 e. The Bertz CT molecular complexity index is 1050. The Labute approximate surface area is 201 Å². The number of aromatic nitrogens is 1. The van der Waals surface area contributed by atoms with E-state index in [4.69, 9.17) is 4.74 Å². The van der Waals surface area contributed by atoms with Gasteiger partial charge in [-0.2, -0.15) is 0 Å². The number of hydrogen-bond donors (Lipinski definition) is 1. The van der Waals surface area contributed by atoms with Crippen LogP contribution in [0.3, 0.4) is 0 Å². The molecule has 1 saturated heterocycles. The van der Waals surface area contributed by atoms with Crippen molar-refractivity contribution in [3.8, 4) is 11.1 Å². The summed E-state index contributed by atoms with van der Waals surface area (Å²) in [5.41, 5.74) is 7.26. The number of rotatable bonds is 3. The van der Waals surface area contributed by atoms with Crippen molar-refractivity contribution in [2.45, 2.75) is 18.9 Å². The van der Waals surface area contributed by atoms with Gasteiger partial charge in [0.25, 0.3) is 0 Å². The summed E-state index contributed by atoms with van der Waals surface area (Å²) in [4.78, 5) is 18.9. The zero-order valence-corrected chi connectivity index (χ0v) is 19.5. The molecule has 7 heteroatoms. The molecule has 1 atom stereocenters. The first-order valence-electron chi connectivity index (χ1n) is 10.5. The van der Waals surface area contributed by atoms with Crippen molar-refractivity contribution in [3.63, 3.8) is 0 Å². The number of halogens is 2. The van der Waals surface area contributed by atoms with Crippen molar-refractivity contribution in [1.82, 2.24) is 15.2 Å². The lowest BCUT2D eigenvalue weighted by atomic mass is 9.98. The largest absolute Gasteiger partial charge is 0.448 e. The van der Waals surface area contributed by atoms with Gasteiger partial charge >= 0.3 is 6.09 Å². The average Bonchev–Trinajstić information content (AvgIpc) is 3.12. The lowest BCUT2D eigenvalue weighted by molar-refractivity contribution is 0.0882. The lowest BCUT2D eigenvalue weighted by Crippen LogP contribution is -2.48. The van der Waals surface area contributed by atoms with Crippen molar-refractivity contribution in [2.75, 3.05) is 26.2 Å². The zero-order valence-electron chi connectivity index (χ0n) is 17.9. The monoisotopic (exact) mass is 471 g/mol. The molecule has 1 unspecified atom stereocenters. The molecule has 0 bridgehead atoms. The number of pyridine rings is 1. The van der Waals surface area contributed by atoms with E-state index >= 15 is 0 Å². The number of ether oxygens (including phenoxy) is 1. The molecule has 2 aromatic carbocycles. The van der Waals surface area contributed by atoms with Crippen molar-refractivity contribution < 1.29 is 9.53 Å². The fourth-order valence-electron chi connectivity index (χ4n) is 4.68. The van der Waals surface area contributed by atoms with E-state index in [-0.39, 0.29) is 42.9 Å². The number of nitrogens with zero attached hydrogens (tertiary/aromatic N) is 2. The molecular weight excluding hydrogens is 445 g/mol. The number of aryl methyl sites for hydroxylation is 1. The molecule has 0 radical (unpaired) electrons. The summed E-state index contributed by atoms with van der Waals surface area (Å²) in [7, 11) is 0. The third kappa shape index (κ3) is 4.46. The van der Waals surface area contributed by atoms with E-state index in [1.54, 1.807) is 6.20 Å². The Morgan fingerprint density at radius 1 is 1.03 bits per heavy atom. The molecular formula is C25H27Cl2N3O2. The van der Waals surface area contributed by atoms with Crippen molar-refractivity contribution in [2.24, 2.45) is 0 Å². The molecule has 5 rings (SSSR count). The van der Waals surface area contributed by atoms with Gasteiger partial charge in [0.2, 0.25) is 0 Å². The van der Waals surface area contributed by atoms with E-state index in [0.29, 0.717) is 19.7 Å². The molecule has 3 aromatic rings. The highest BCUT2D eigenvalue weighted by Crippen LogP contribution is 2.44. The summed E-state index contributed by atoms with van der Waals surface area (Å²) in [6.45, 7) is 4.40. The van der Waals surface area contributed by atoms with E-state index in [1.165, 1.54) is 27.8 Å². The van der Waals surface area contributed by atoms with Gasteiger partial charge in [0.15, 0.2) is 0 Å². The Balaban J connectivity index is 0.00000144. The predicted molar refractivity (Wildman–Crippen MR) is 131 cm³/mol. The Hall–Kier alpha value is -2.60. The van der Waals surface area contributed by atoms with Gasteiger partial charge in [0, 0.05) is 37.9 Å². The minimum absolute atomic E-state index is 0.